The van der Waals surface area contributed by atoms with Gasteiger partial charge in [0.2, 0.25) is 0 Å². The van der Waals surface area contributed by atoms with Gasteiger partial charge in [0.15, 0.2) is 0 Å². The number of hydrogen-bond acceptors (Lipinski definition) is 4. The van der Waals surface area contributed by atoms with E-state index in [2.05, 4.69) is 9.97 Å². The van der Waals surface area contributed by atoms with E-state index in [1.165, 1.54) is 25.7 Å². The summed E-state index contributed by atoms with van der Waals surface area (Å²) in [5, 5.41) is 1.07. The molecule has 2 rings (SSSR count). The fourth-order valence-corrected chi connectivity index (χ4v) is 3.01. The Morgan fingerprint density at radius 1 is 1.47 bits per heavy atom. The molecule has 2 atom stereocenters. The lowest BCUT2D eigenvalue weighted by atomic mass is 10.0. The Hall–Kier alpha value is -0.610. The molecule has 0 aliphatic heterocycles. The fraction of sp³-hybridized carbons (Fsp3) is 0.636. The highest BCUT2D eigenvalue weighted by Crippen LogP contribution is 2.29. The van der Waals surface area contributed by atoms with Gasteiger partial charge in [-0.15, -0.1) is 11.8 Å². The predicted octanol–water partition coefficient (Wildman–Crippen LogP) is 2.09. The van der Waals surface area contributed by atoms with Gasteiger partial charge in [0, 0.05) is 12.2 Å². The molecule has 1 aliphatic carbocycles. The van der Waals surface area contributed by atoms with Gasteiger partial charge in [-0.3, -0.25) is 0 Å². The minimum atomic E-state index is 0.441. The quantitative estimate of drug-likeness (QED) is 0.627. The van der Waals surface area contributed by atoms with Crippen molar-refractivity contribution in [2.24, 2.45) is 11.7 Å². The third kappa shape index (κ3) is 3.18. The molecule has 0 saturated heterocycles. The average molecular weight is 223 g/mol. The molecule has 1 aliphatic rings. The Bertz CT molecular complexity index is 291. The van der Waals surface area contributed by atoms with Crippen molar-refractivity contribution in [3.8, 4) is 0 Å². The van der Waals surface area contributed by atoms with Crippen molar-refractivity contribution in [1.29, 1.82) is 0 Å². The highest BCUT2D eigenvalue weighted by atomic mass is 32.2. The lowest BCUT2D eigenvalue weighted by molar-refractivity contribution is 0.470. The van der Waals surface area contributed by atoms with Gasteiger partial charge < -0.3 is 5.73 Å². The molecule has 0 bridgehead atoms. The summed E-state index contributed by atoms with van der Waals surface area (Å²) in [6.07, 6.45) is 8.44. The first-order valence-corrected chi connectivity index (χ1v) is 6.49. The molecule has 0 radical (unpaired) electrons. The van der Waals surface area contributed by atoms with Gasteiger partial charge >= 0.3 is 0 Å². The smallest absolute Gasteiger partial charge is 0.116 e. The molecule has 1 aromatic heterocycles. The standard InChI is InChI=1S/C11H17N3S/c12-10-3-1-2-9(10)5-7-15-11-4-6-13-8-14-11/h4,6,8-10H,1-3,5,7,12H2. The third-order valence-electron chi connectivity index (χ3n) is 3.01. The second kappa shape index (κ2) is 5.47. The minimum absolute atomic E-state index is 0.441. The maximum Gasteiger partial charge on any atom is 0.116 e. The van der Waals surface area contributed by atoms with E-state index in [1.54, 1.807) is 24.3 Å². The number of nitrogens with two attached hydrogens (primary N) is 1. The highest BCUT2D eigenvalue weighted by Gasteiger charge is 2.23. The zero-order valence-corrected chi connectivity index (χ0v) is 9.62. The zero-order valence-electron chi connectivity index (χ0n) is 8.80. The van der Waals surface area contributed by atoms with Gasteiger partial charge in [0.05, 0.1) is 5.03 Å². The summed E-state index contributed by atoms with van der Waals surface area (Å²) in [5.41, 5.74) is 6.02. The van der Waals surface area contributed by atoms with Crippen molar-refractivity contribution in [1.82, 2.24) is 9.97 Å². The number of rotatable bonds is 4. The van der Waals surface area contributed by atoms with Crippen molar-refractivity contribution >= 4 is 11.8 Å². The fourth-order valence-electron chi connectivity index (χ4n) is 2.10. The van der Waals surface area contributed by atoms with Crippen LogP contribution in [0.4, 0.5) is 0 Å². The molecule has 2 N–H and O–H groups in total. The molecular formula is C11H17N3S. The summed E-state index contributed by atoms with van der Waals surface area (Å²) in [7, 11) is 0. The Morgan fingerprint density at radius 2 is 2.40 bits per heavy atom. The van der Waals surface area contributed by atoms with E-state index in [4.69, 9.17) is 5.73 Å². The average Bonchev–Trinajstić information content (AvgIpc) is 2.66. The van der Waals surface area contributed by atoms with E-state index < -0.39 is 0 Å². The van der Waals surface area contributed by atoms with Crippen LogP contribution in [0.1, 0.15) is 25.7 Å². The zero-order chi connectivity index (χ0) is 10.5. The van der Waals surface area contributed by atoms with E-state index in [-0.39, 0.29) is 0 Å². The van der Waals surface area contributed by atoms with Crippen LogP contribution in [0, 0.1) is 5.92 Å². The van der Waals surface area contributed by atoms with Crippen LogP contribution in [0.5, 0.6) is 0 Å². The van der Waals surface area contributed by atoms with Gasteiger partial charge in [-0.25, -0.2) is 9.97 Å². The van der Waals surface area contributed by atoms with Crippen molar-refractivity contribution in [2.75, 3.05) is 5.75 Å². The molecule has 0 aromatic carbocycles. The summed E-state index contributed by atoms with van der Waals surface area (Å²) in [4.78, 5) is 8.08. The SMILES string of the molecule is NC1CCCC1CCSc1ccncn1. The summed E-state index contributed by atoms with van der Waals surface area (Å²) in [6, 6.07) is 2.40. The largest absolute Gasteiger partial charge is 0.327 e. The topological polar surface area (TPSA) is 51.8 Å². The van der Waals surface area contributed by atoms with Crippen LogP contribution in [0.3, 0.4) is 0 Å². The van der Waals surface area contributed by atoms with Crippen LogP contribution >= 0.6 is 11.8 Å². The summed E-state index contributed by atoms with van der Waals surface area (Å²) < 4.78 is 0. The van der Waals surface area contributed by atoms with Crippen LogP contribution in [0.25, 0.3) is 0 Å². The second-order valence-corrected chi connectivity index (χ2v) is 5.15. The van der Waals surface area contributed by atoms with Crippen LogP contribution in [-0.4, -0.2) is 21.8 Å². The van der Waals surface area contributed by atoms with E-state index in [0.717, 1.165) is 16.7 Å². The molecule has 15 heavy (non-hydrogen) atoms. The Balaban J connectivity index is 1.71. The molecule has 82 valence electrons. The van der Waals surface area contributed by atoms with E-state index in [1.807, 2.05) is 6.07 Å². The molecule has 1 saturated carbocycles. The van der Waals surface area contributed by atoms with Crippen molar-refractivity contribution < 1.29 is 0 Å². The molecule has 0 amide bonds. The normalized spacial score (nSPS) is 25.7. The first kappa shape index (κ1) is 10.9. The molecule has 0 spiro atoms. The summed E-state index contributed by atoms with van der Waals surface area (Å²) in [5.74, 6) is 1.86. The monoisotopic (exact) mass is 223 g/mol. The van der Waals surface area contributed by atoms with Crippen molar-refractivity contribution in [3.63, 3.8) is 0 Å². The molecule has 1 aromatic rings. The first-order valence-electron chi connectivity index (χ1n) is 5.50. The van der Waals surface area contributed by atoms with Crippen molar-refractivity contribution in [2.45, 2.75) is 36.8 Å². The summed E-state index contributed by atoms with van der Waals surface area (Å²) in [6.45, 7) is 0. The molecular weight excluding hydrogens is 206 g/mol. The van der Waals surface area contributed by atoms with Crippen LogP contribution in [0.15, 0.2) is 23.6 Å². The molecule has 2 unspecified atom stereocenters. The van der Waals surface area contributed by atoms with Gasteiger partial charge in [-0.2, -0.15) is 0 Å². The highest BCUT2D eigenvalue weighted by molar-refractivity contribution is 7.99. The van der Waals surface area contributed by atoms with Gasteiger partial charge in [0.25, 0.3) is 0 Å². The number of nitrogens with zero attached hydrogens (tertiary/aromatic N) is 2. The first-order chi connectivity index (χ1) is 7.36. The lowest BCUT2D eigenvalue weighted by Gasteiger charge is -2.14. The van der Waals surface area contributed by atoms with Crippen LogP contribution < -0.4 is 5.73 Å². The second-order valence-electron chi connectivity index (χ2n) is 4.04. The van der Waals surface area contributed by atoms with E-state index in [0.29, 0.717) is 6.04 Å². The number of thioether (sulfide) groups is 1. The molecule has 1 heterocycles. The molecule has 4 heteroatoms. The van der Waals surface area contributed by atoms with Crippen LogP contribution in [0.2, 0.25) is 0 Å². The number of hydrogen-bond donors (Lipinski definition) is 1. The maximum absolute atomic E-state index is 6.02. The number of aromatic nitrogens is 2. The van der Waals surface area contributed by atoms with Gasteiger partial charge in [-0.05, 0) is 37.0 Å². The van der Waals surface area contributed by atoms with Gasteiger partial charge in [-0.1, -0.05) is 6.42 Å². The Labute approximate surface area is 94.9 Å². The maximum atomic E-state index is 6.02. The third-order valence-corrected chi connectivity index (χ3v) is 3.99. The molecule has 1 fully saturated rings. The lowest BCUT2D eigenvalue weighted by Crippen LogP contribution is -2.24. The Morgan fingerprint density at radius 3 is 3.07 bits per heavy atom. The van der Waals surface area contributed by atoms with Gasteiger partial charge in [0.1, 0.15) is 6.33 Å². The van der Waals surface area contributed by atoms with Crippen LogP contribution in [-0.2, 0) is 0 Å². The van der Waals surface area contributed by atoms with E-state index in [9.17, 15) is 0 Å². The predicted molar refractivity (Wildman–Crippen MR) is 62.7 cm³/mol. The minimum Gasteiger partial charge on any atom is -0.327 e. The Kier molecular flexibility index (Phi) is 3.97. The van der Waals surface area contributed by atoms with Crippen molar-refractivity contribution in [3.05, 3.63) is 18.6 Å². The van der Waals surface area contributed by atoms with E-state index >= 15 is 0 Å². The molecule has 3 nitrogen and oxygen atoms in total. The summed E-state index contributed by atoms with van der Waals surface area (Å²) >= 11 is 1.80.